The molecule has 0 spiro atoms. The fourth-order valence-corrected chi connectivity index (χ4v) is 4.00. The number of aryl methyl sites for hydroxylation is 1. The number of carbonyl (C=O) groups excluding carboxylic acids is 1. The third kappa shape index (κ3) is 7.20. The molecular formula is C24H32ClN3O3. The van der Waals surface area contributed by atoms with Crippen LogP contribution in [0.15, 0.2) is 42.7 Å². The molecule has 1 N–H and O–H groups in total. The van der Waals surface area contributed by atoms with Gasteiger partial charge in [0, 0.05) is 45.0 Å². The summed E-state index contributed by atoms with van der Waals surface area (Å²) in [5.41, 5.74) is 1.22. The van der Waals surface area contributed by atoms with E-state index in [9.17, 15) is 9.90 Å². The Hall–Kier alpha value is -2.15. The lowest BCUT2D eigenvalue weighted by Gasteiger charge is -2.27. The molecule has 2 heterocycles. The number of aromatic nitrogens is 1. The lowest BCUT2D eigenvalue weighted by atomic mass is 9.96. The Bertz CT molecular complexity index is 864. The van der Waals surface area contributed by atoms with Crippen molar-refractivity contribution in [2.75, 3.05) is 33.3 Å². The molecule has 1 fully saturated rings. The average molecular weight is 446 g/mol. The van der Waals surface area contributed by atoms with Gasteiger partial charge in [-0.2, -0.15) is 0 Å². The monoisotopic (exact) mass is 445 g/mol. The second kappa shape index (κ2) is 10.9. The number of ether oxygens (including phenoxy) is 1. The van der Waals surface area contributed by atoms with E-state index >= 15 is 0 Å². The van der Waals surface area contributed by atoms with Gasteiger partial charge in [0.15, 0.2) is 0 Å². The van der Waals surface area contributed by atoms with Gasteiger partial charge in [-0.3, -0.25) is 9.78 Å². The van der Waals surface area contributed by atoms with Crippen LogP contribution in [0.3, 0.4) is 0 Å². The van der Waals surface area contributed by atoms with Crippen molar-refractivity contribution in [3.05, 3.63) is 58.9 Å². The van der Waals surface area contributed by atoms with E-state index in [1.807, 2.05) is 49.3 Å². The molecule has 1 aliphatic heterocycles. The number of halogens is 1. The second-order valence-corrected chi connectivity index (χ2v) is 8.94. The summed E-state index contributed by atoms with van der Waals surface area (Å²) in [6.45, 7) is 4.79. The number of nitrogens with zero attached hydrogens (tertiary/aromatic N) is 3. The molecule has 1 unspecified atom stereocenters. The van der Waals surface area contributed by atoms with Gasteiger partial charge in [-0.1, -0.05) is 23.7 Å². The third-order valence-electron chi connectivity index (χ3n) is 5.74. The number of likely N-dealkylation sites (tertiary alicyclic amines) is 1. The fourth-order valence-electron chi connectivity index (χ4n) is 3.83. The summed E-state index contributed by atoms with van der Waals surface area (Å²) in [5.74, 6) is 0.717. The standard InChI is InChI=1S/C24H32ClN3O3/c1-19-6-7-21(25)22(15-19)31-18-24(30)9-4-12-28(14-10-24)23(29)8-13-27(2)17-20-5-3-11-26-16-20/h3,5-7,11,15-16,30H,4,8-10,12-14,17-18H2,1-2H3. The maximum atomic E-state index is 12.7. The minimum Gasteiger partial charge on any atom is -0.489 e. The third-order valence-corrected chi connectivity index (χ3v) is 6.05. The smallest absolute Gasteiger partial charge is 0.223 e. The van der Waals surface area contributed by atoms with Crippen molar-refractivity contribution in [3.63, 3.8) is 0 Å². The summed E-state index contributed by atoms with van der Waals surface area (Å²) < 4.78 is 5.85. The zero-order valence-electron chi connectivity index (χ0n) is 18.4. The van der Waals surface area contributed by atoms with Crippen molar-refractivity contribution in [2.45, 2.75) is 44.8 Å². The number of pyridine rings is 1. The van der Waals surface area contributed by atoms with E-state index in [1.165, 1.54) is 0 Å². The Morgan fingerprint density at radius 3 is 2.94 bits per heavy atom. The molecule has 0 saturated carbocycles. The van der Waals surface area contributed by atoms with Crippen molar-refractivity contribution in [2.24, 2.45) is 0 Å². The molecule has 1 atom stereocenters. The summed E-state index contributed by atoms with van der Waals surface area (Å²) >= 11 is 6.20. The number of rotatable bonds is 8. The van der Waals surface area contributed by atoms with Gasteiger partial charge in [-0.15, -0.1) is 0 Å². The number of hydrogen-bond donors (Lipinski definition) is 1. The van der Waals surface area contributed by atoms with Gasteiger partial charge >= 0.3 is 0 Å². The zero-order valence-corrected chi connectivity index (χ0v) is 19.1. The zero-order chi connectivity index (χ0) is 22.3. The summed E-state index contributed by atoms with van der Waals surface area (Å²) in [6.07, 6.45) is 5.91. The van der Waals surface area contributed by atoms with E-state index < -0.39 is 5.60 Å². The predicted octanol–water partition coefficient (Wildman–Crippen LogP) is 3.69. The van der Waals surface area contributed by atoms with Crippen molar-refractivity contribution >= 4 is 17.5 Å². The number of aliphatic hydroxyl groups is 1. The van der Waals surface area contributed by atoms with Gasteiger partial charge in [0.2, 0.25) is 5.91 Å². The van der Waals surface area contributed by atoms with E-state index in [1.54, 1.807) is 12.3 Å². The van der Waals surface area contributed by atoms with Crippen molar-refractivity contribution < 1.29 is 14.6 Å². The molecule has 7 heteroatoms. The SMILES string of the molecule is Cc1ccc(Cl)c(OCC2(O)CCCN(C(=O)CCN(C)Cc3cccnc3)CC2)c1. The average Bonchev–Trinajstić information content (AvgIpc) is 2.95. The largest absolute Gasteiger partial charge is 0.489 e. The summed E-state index contributed by atoms with van der Waals surface area (Å²) in [6, 6.07) is 9.55. The molecule has 168 valence electrons. The highest BCUT2D eigenvalue weighted by Gasteiger charge is 2.32. The highest BCUT2D eigenvalue weighted by Crippen LogP contribution is 2.29. The molecule has 1 aromatic heterocycles. The Morgan fingerprint density at radius 2 is 2.16 bits per heavy atom. The Morgan fingerprint density at radius 1 is 1.32 bits per heavy atom. The maximum Gasteiger partial charge on any atom is 0.223 e. The van der Waals surface area contributed by atoms with Crippen molar-refractivity contribution in [1.82, 2.24) is 14.8 Å². The van der Waals surface area contributed by atoms with Crippen LogP contribution in [-0.4, -0.2) is 64.7 Å². The first kappa shape index (κ1) is 23.5. The van der Waals surface area contributed by atoms with Crippen molar-refractivity contribution in [1.29, 1.82) is 0 Å². The molecule has 0 bridgehead atoms. The molecule has 1 aliphatic rings. The molecule has 1 saturated heterocycles. The molecule has 1 amide bonds. The van der Waals surface area contributed by atoms with Gasteiger partial charge in [0.05, 0.1) is 5.02 Å². The van der Waals surface area contributed by atoms with Crippen molar-refractivity contribution in [3.8, 4) is 5.75 Å². The highest BCUT2D eigenvalue weighted by molar-refractivity contribution is 6.32. The Balaban J connectivity index is 1.46. The van der Waals surface area contributed by atoms with E-state index in [4.69, 9.17) is 16.3 Å². The summed E-state index contributed by atoms with van der Waals surface area (Å²) in [7, 11) is 2.01. The predicted molar refractivity (Wildman–Crippen MR) is 122 cm³/mol. The minimum atomic E-state index is -0.959. The van der Waals surface area contributed by atoms with Crippen LogP contribution < -0.4 is 4.74 Å². The summed E-state index contributed by atoms with van der Waals surface area (Å²) in [5, 5.41) is 11.6. The van der Waals surface area contributed by atoms with Crippen LogP contribution in [-0.2, 0) is 11.3 Å². The van der Waals surface area contributed by atoms with E-state index in [0.29, 0.717) is 49.7 Å². The topological polar surface area (TPSA) is 65.9 Å². The molecule has 0 radical (unpaired) electrons. The highest BCUT2D eigenvalue weighted by atomic mass is 35.5. The normalized spacial score (nSPS) is 19.3. The molecule has 2 aromatic rings. The number of carbonyl (C=O) groups is 1. The molecule has 3 rings (SSSR count). The van der Waals surface area contributed by atoms with E-state index in [0.717, 1.165) is 24.1 Å². The Kier molecular flexibility index (Phi) is 8.29. The quantitative estimate of drug-likeness (QED) is 0.671. The first-order chi connectivity index (χ1) is 14.8. The van der Waals surface area contributed by atoms with Gasteiger partial charge in [0.25, 0.3) is 0 Å². The Labute approximate surface area is 189 Å². The second-order valence-electron chi connectivity index (χ2n) is 8.53. The molecular weight excluding hydrogens is 414 g/mol. The lowest BCUT2D eigenvalue weighted by Crippen LogP contribution is -2.39. The summed E-state index contributed by atoms with van der Waals surface area (Å²) in [4.78, 5) is 20.9. The van der Waals surface area contributed by atoms with Crippen LogP contribution in [0.4, 0.5) is 0 Å². The first-order valence-electron chi connectivity index (χ1n) is 10.8. The first-order valence-corrected chi connectivity index (χ1v) is 11.2. The molecule has 31 heavy (non-hydrogen) atoms. The van der Waals surface area contributed by atoms with Gasteiger partial charge in [-0.05, 0) is 62.6 Å². The van der Waals surface area contributed by atoms with Crippen LogP contribution in [0.5, 0.6) is 5.75 Å². The van der Waals surface area contributed by atoms with E-state index in [2.05, 4.69) is 9.88 Å². The molecule has 1 aromatic carbocycles. The maximum absolute atomic E-state index is 12.7. The molecule has 6 nitrogen and oxygen atoms in total. The number of amides is 1. The van der Waals surface area contributed by atoms with Gasteiger partial charge < -0.3 is 19.6 Å². The fraction of sp³-hybridized carbons (Fsp3) is 0.500. The van der Waals surface area contributed by atoms with Crippen LogP contribution in [0.25, 0.3) is 0 Å². The molecule has 0 aliphatic carbocycles. The van der Waals surface area contributed by atoms with Crippen LogP contribution in [0, 0.1) is 6.92 Å². The lowest BCUT2D eigenvalue weighted by molar-refractivity contribution is -0.131. The van der Waals surface area contributed by atoms with E-state index in [-0.39, 0.29) is 12.5 Å². The van der Waals surface area contributed by atoms with Gasteiger partial charge in [-0.25, -0.2) is 0 Å². The van der Waals surface area contributed by atoms with Gasteiger partial charge in [0.1, 0.15) is 18.0 Å². The van der Waals surface area contributed by atoms with Crippen LogP contribution >= 0.6 is 11.6 Å². The van der Waals surface area contributed by atoms with Crippen LogP contribution in [0.2, 0.25) is 5.02 Å². The van der Waals surface area contributed by atoms with Crippen LogP contribution in [0.1, 0.15) is 36.8 Å². The number of hydrogen-bond acceptors (Lipinski definition) is 5. The minimum absolute atomic E-state index is 0.130. The number of benzene rings is 1.